The highest BCUT2D eigenvalue weighted by Crippen LogP contribution is 2.21. The Morgan fingerprint density at radius 3 is 2.84 bits per heavy atom. The lowest BCUT2D eigenvalue weighted by Crippen LogP contribution is -2.07. The van der Waals surface area contributed by atoms with Crippen LogP contribution in [-0.4, -0.2) is 9.97 Å². The number of halogens is 1. The van der Waals surface area contributed by atoms with Gasteiger partial charge in [0.25, 0.3) is 5.56 Å². The van der Waals surface area contributed by atoms with Crippen molar-refractivity contribution in [2.45, 2.75) is 10.9 Å². The average Bonchev–Trinajstić information content (AvgIpc) is 2.87. The molecule has 0 fully saturated rings. The summed E-state index contributed by atoms with van der Waals surface area (Å²) in [6, 6.07) is 8.13. The predicted molar refractivity (Wildman–Crippen MR) is 76.2 cm³/mol. The zero-order valence-corrected chi connectivity index (χ0v) is 11.4. The Kier molecular flexibility index (Phi) is 3.35. The first kappa shape index (κ1) is 12.4. The van der Waals surface area contributed by atoms with E-state index in [1.807, 2.05) is 11.4 Å². The lowest BCUT2D eigenvalue weighted by atomic mass is 10.2. The quantitative estimate of drug-likeness (QED) is 0.594. The van der Waals surface area contributed by atoms with E-state index in [1.54, 1.807) is 12.1 Å². The monoisotopic (exact) mass is 292 g/mol. The molecular formula is C13H9FN2OS2. The van der Waals surface area contributed by atoms with Crippen LogP contribution < -0.4 is 5.56 Å². The molecule has 0 radical (unpaired) electrons. The summed E-state index contributed by atoms with van der Waals surface area (Å²) < 4.78 is 13.4. The van der Waals surface area contributed by atoms with E-state index >= 15 is 0 Å². The topological polar surface area (TPSA) is 45.8 Å². The molecule has 0 spiro atoms. The number of thiophene rings is 1. The van der Waals surface area contributed by atoms with Gasteiger partial charge in [0.05, 0.1) is 5.52 Å². The summed E-state index contributed by atoms with van der Waals surface area (Å²) in [5.41, 5.74) is 1.59. The van der Waals surface area contributed by atoms with Crippen LogP contribution in [0, 0.1) is 5.82 Å². The number of benzene rings is 1. The van der Waals surface area contributed by atoms with Gasteiger partial charge in [-0.3, -0.25) is 4.79 Å². The second-order valence-electron chi connectivity index (χ2n) is 3.92. The fourth-order valence-corrected chi connectivity index (χ4v) is 3.20. The third-order valence-electron chi connectivity index (χ3n) is 2.58. The van der Waals surface area contributed by atoms with E-state index in [0.29, 0.717) is 15.6 Å². The Balaban J connectivity index is 1.81. The molecular weight excluding hydrogens is 283 g/mol. The average molecular weight is 292 g/mol. The molecule has 0 atom stereocenters. The highest BCUT2D eigenvalue weighted by molar-refractivity contribution is 7.98. The van der Waals surface area contributed by atoms with Gasteiger partial charge in [-0.1, -0.05) is 23.9 Å². The highest BCUT2D eigenvalue weighted by atomic mass is 32.2. The van der Waals surface area contributed by atoms with E-state index in [1.165, 1.54) is 35.2 Å². The van der Waals surface area contributed by atoms with Crippen molar-refractivity contribution >= 4 is 33.3 Å². The van der Waals surface area contributed by atoms with Crippen molar-refractivity contribution in [3.63, 3.8) is 0 Å². The minimum atomic E-state index is -0.250. The third kappa shape index (κ3) is 2.69. The molecule has 3 nitrogen and oxygen atoms in total. The van der Waals surface area contributed by atoms with Gasteiger partial charge >= 0.3 is 0 Å². The maximum atomic E-state index is 12.8. The molecule has 0 amide bonds. The van der Waals surface area contributed by atoms with Gasteiger partial charge in [0, 0.05) is 5.75 Å². The van der Waals surface area contributed by atoms with Crippen LogP contribution in [0.4, 0.5) is 4.39 Å². The Morgan fingerprint density at radius 2 is 2.05 bits per heavy atom. The van der Waals surface area contributed by atoms with Crippen LogP contribution in [0.2, 0.25) is 0 Å². The third-order valence-corrected chi connectivity index (χ3v) is 4.43. The molecule has 0 unspecified atom stereocenters. The van der Waals surface area contributed by atoms with Crippen LogP contribution in [0.1, 0.15) is 5.56 Å². The van der Waals surface area contributed by atoms with E-state index in [2.05, 4.69) is 9.97 Å². The molecule has 0 bridgehead atoms. The predicted octanol–water partition coefficient (Wildman–Crippen LogP) is 3.42. The summed E-state index contributed by atoms with van der Waals surface area (Å²) in [6.45, 7) is 0. The maximum Gasteiger partial charge on any atom is 0.269 e. The van der Waals surface area contributed by atoms with E-state index in [4.69, 9.17) is 0 Å². The fourth-order valence-electron chi connectivity index (χ4n) is 1.65. The first-order chi connectivity index (χ1) is 9.22. The van der Waals surface area contributed by atoms with Crippen molar-refractivity contribution in [1.29, 1.82) is 0 Å². The summed E-state index contributed by atoms with van der Waals surface area (Å²) in [6.07, 6.45) is 0. The molecule has 96 valence electrons. The van der Waals surface area contributed by atoms with E-state index in [0.717, 1.165) is 11.1 Å². The number of thioether (sulfide) groups is 1. The summed E-state index contributed by atoms with van der Waals surface area (Å²) in [5, 5.41) is 2.43. The van der Waals surface area contributed by atoms with Crippen molar-refractivity contribution in [2.75, 3.05) is 0 Å². The molecule has 0 saturated carbocycles. The summed E-state index contributed by atoms with van der Waals surface area (Å²) in [7, 11) is 0. The zero-order chi connectivity index (χ0) is 13.2. The number of fused-ring (bicyclic) bond motifs is 1. The number of aromatic amines is 1. The second-order valence-corrected chi connectivity index (χ2v) is 5.80. The van der Waals surface area contributed by atoms with E-state index in [-0.39, 0.29) is 11.4 Å². The summed E-state index contributed by atoms with van der Waals surface area (Å²) >= 11 is 2.81. The molecule has 1 aromatic carbocycles. The summed E-state index contributed by atoms with van der Waals surface area (Å²) in [5.74, 6) is 0.388. The Morgan fingerprint density at radius 1 is 1.26 bits per heavy atom. The van der Waals surface area contributed by atoms with Gasteiger partial charge in [-0.25, -0.2) is 9.37 Å². The number of nitrogens with zero attached hydrogens (tertiary/aromatic N) is 1. The van der Waals surface area contributed by atoms with Crippen molar-refractivity contribution in [3.8, 4) is 0 Å². The minimum Gasteiger partial charge on any atom is -0.300 e. The maximum absolute atomic E-state index is 12.8. The molecule has 0 saturated heterocycles. The molecule has 1 N–H and O–H groups in total. The normalized spacial score (nSPS) is 11.0. The number of rotatable bonds is 3. The van der Waals surface area contributed by atoms with Gasteiger partial charge in [0.15, 0.2) is 5.16 Å². The highest BCUT2D eigenvalue weighted by Gasteiger charge is 2.05. The van der Waals surface area contributed by atoms with Crippen LogP contribution >= 0.6 is 23.1 Å². The number of hydrogen-bond acceptors (Lipinski definition) is 4. The minimum absolute atomic E-state index is 0.110. The van der Waals surface area contributed by atoms with Crippen LogP contribution in [0.5, 0.6) is 0 Å². The number of nitrogens with one attached hydrogen (secondary N) is 1. The van der Waals surface area contributed by atoms with Crippen LogP contribution in [-0.2, 0) is 5.75 Å². The number of aromatic nitrogens is 2. The molecule has 0 aliphatic heterocycles. The Labute approximate surface area is 116 Å². The van der Waals surface area contributed by atoms with Gasteiger partial charge in [0.2, 0.25) is 0 Å². The molecule has 3 rings (SSSR count). The standard InChI is InChI=1S/C13H9FN2OS2/c14-9-3-1-8(2-4-9)7-19-13-15-10-5-6-18-11(10)12(17)16-13/h1-6H,7H2,(H,15,16,17). The second kappa shape index (κ2) is 5.14. The molecule has 2 aromatic heterocycles. The van der Waals surface area contributed by atoms with E-state index < -0.39 is 0 Å². The lowest BCUT2D eigenvalue weighted by molar-refractivity contribution is 0.627. The van der Waals surface area contributed by atoms with Gasteiger partial charge < -0.3 is 4.98 Å². The largest absolute Gasteiger partial charge is 0.300 e. The van der Waals surface area contributed by atoms with Crippen molar-refractivity contribution in [2.24, 2.45) is 0 Å². The SMILES string of the molecule is O=c1[nH]c(SCc2ccc(F)cc2)nc2ccsc12. The van der Waals surface area contributed by atoms with Gasteiger partial charge in [0.1, 0.15) is 10.5 Å². The van der Waals surface area contributed by atoms with Crippen LogP contribution in [0.15, 0.2) is 45.7 Å². The van der Waals surface area contributed by atoms with Crippen LogP contribution in [0.25, 0.3) is 10.2 Å². The molecule has 3 aromatic rings. The van der Waals surface area contributed by atoms with Gasteiger partial charge in [-0.2, -0.15) is 0 Å². The molecule has 0 aliphatic carbocycles. The first-order valence-electron chi connectivity index (χ1n) is 5.57. The van der Waals surface area contributed by atoms with Crippen molar-refractivity contribution in [1.82, 2.24) is 9.97 Å². The number of H-pyrrole nitrogens is 1. The molecule has 2 heterocycles. The van der Waals surface area contributed by atoms with Gasteiger partial charge in [-0.15, -0.1) is 11.3 Å². The molecule has 19 heavy (non-hydrogen) atoms. The summed E-state index contributed by atoms with van der Waals surface area (Å²) in [4.78, 5) is 18.9. The fraction of sp³-hybridized carbons (Fsp3) is 0.0769. The number of hydrogen-bond donors (Lipinski definition) is 1. The van der Waals surface area contributed by atoms with E-state index in [9.17, 15) is 9.18 Å². The Bertz CT molecular complexity index is 764. The lowest BCUT2D eigenvalue weighted by Gasteiger charge is -2.01. The first-order valence-corrected chi connectivity index (χ1v) is 7.44. The smallest absolute Gasteiger partial charge is 0.269 e. The van der Waals surface area contributed by atoms with Gasteiger partial charge in [-0.05, 0) is 29.1 Å². The molecule has 6 heteroatoms. The zero-order valence-electron chi connectivity index (χ0n) is 9.72. The molecule has 0 aliphatic rings. The van der Waals surface area contributed by atoms with Crippen molar-refractivity contribution < 1.29 is 4.39 Å². The van der Waals surface area contributed by atoms with Crippen LogP contribution in [0.3, 0.4) is 0 Å². The Hall–Kier alpha value is -1.66. The van der Waals surface area contributed by atoms with Crippen molar-refractivity contribution in [3.05, 3.63) is 57.4 Å².